The number of esters is 2. The lowest BCUT2D eigenvalue weighted by Gasteiger charge is -2.08. The second-order valence-electron chi connectivity index (χ2n) is 5.77. The average molecular weight is 364 g/mol. The Balaban J connectivity index is 1.60. The van der Waals surface area contributed by atoms with Gasteiger partial charge in [0, 0.05) is 6.42 Å². The van der Waals surface area contributed by atoms with Crippen LogP contribution in [0.4, 0.5) is 4.39 Å². The Morgan fingerprint density at radius 1 is 0.815 bits per heavy atom. The summed E-state index contributed by atoms with van der Waals surface area (Å²) in [5.74, 6) is -1.88. The van der Waals surface area contributed by atoms with Gasteiger partial charge in [-0.1, -0.05) is 48.5 Å². The molecule has 0 unspecified atom stereocenters. The van der Waals surface area contributed by atoms with Gasteiger partial charge in [0.15, 0.2) is 0 Å². The van der Waals surface area contributed by atoms with Gasteiger partial charge in [-0.3, -0.25) is 0 Å². The number of hydrogen-bond donors (Lipinski definition) is 0. The lowest BCUT2D eigenvalue weighted by Crippen LogP contribution is -2.12. The maximum absolute atomic E-state index is 13.7. The highest BCUT2D eigenvalue weighted by Crippen LogP contribution is 2.17. The molecular formula is C22H17FO4. The van der Waals surface area contributed by atoms with Gasteiger partial charge < -0.3 is 9.47 Å². The van der Waals surface area contributed by atoms with E-state index in [1.54, 1.807) is 18.2 Å². The molecule has 0 spiro atoms. The maximum atomic E-state index is 13.7. The normalized spacial score (nSPS) is 10.3. The molecule has 0 heterocycles. The summed E-state index contributed by atoms with van der Waals surface area (Å²) in [7, 11) is 0. The first kappa shape index (κ1) is 18.3. The van der Waals surface area contributed by atoms with Gasteiger partial charge >= 0.3 is 11.9 Å². The van der Waals surface area contributed by atoms with E-state index < -0.39 is 17.8 Å². The van der Waals surface area contributed by atoms with Gasteiger partial charge in [-0.2, -0.15) is 0 Å². The van der Waals surface area contributed by atoms with E-state index in [1.807, 2.05) is 30.3 Å². The van der Waals surface area contributed by atoms with Crippen molar-refractivity contribution in [1.29, 1.82) is 0 Å². The Labute approximate surface area is 156 Å². The monoisotopic (exact) mass is 364 g/mol. The van der Waals surface area contributed by atoms with Crippen molar-refractivity contribution in [2.24, 2.45) is 0 Å². The number of benzene rings is 3. The van der Waals surface area contributed by atoms with Crippen molar-refractivity contribution in [3.8, 4) is 5.75 Å². The zero-order valence-corrected chi connectivity index (χ0v) is 14.4. The Morgan fingerprint density at radius 3 is 2.33 bits per heavy atom. The molecule has 0 aliphatic carbocycles. The second-order valence-corrected chi connectivity index (χ2v) is 5.77. The summed E-state index contributed by atoms with van der Waals surface area (Å²) in [6.07, 6.45) is 0.606. The van der Waals surface area contributed by atoms with Crippen LogP contribution < -0.4 is 4.74 Å². The van der Waals surface area contributed by atoms with E-state index in [0.29, 0.717) is 6.42 Å². The first-order chi connectivity index (χ1) is 13.1. The van der Waals surface area contributed by atoms with Crippen molar-refractivity contribution in [1.82, 2.24) is 0 Å². The molecule has 3 rings (SSSR count). The number of ether oxygens (including phenoxy) is 2. The van der Waals surface area contributed by atoms with E-state index in [1.165, 1.54) is 30.3 Å². The molecule has 3 aromatic rings. The second kappa shape index (κ2) is 8.76. The van der Waals surface area contributed by atoms with Gasteiger partial charge in [0.1, 0.15) is 11.6 Å². The molecule has 0 radical (unpaired) electrons. The van der Waals surface area contributed by atoms with Crippen molar-refractivity contribution < 1.29 is 23.5 Å². The zero-order chi connectivity index (χ0) is 19.1. The molecular weight excluding hydrogens is 347 g/mol. The molecule has 0 bridgehead atoms. The van der Waals surface area contributed by atoms with Crippen LogP contribution in [0.3, 0.4) is 0 Å². The van der Waals surface area contributed by atoms with Crippen LogP contribution in [-0.4, -0.2) is 18.5 Å². The van der Waals surface area contributed by atoms with E-state index >= 15 is 0 Å². The molecule has 0 saturated heterocycles. The summed E-state index contributed by atoms with van der Waals surface area (Å²) in [6, 6.07) is 21.2. The molecule has 5 heteroatoms. The van der Waals surface area contributed by atoms with Gasteiger partial charge in [-0.25, -0.2) is 14.0 Å². The molecule has 0 N–H and O–H groups in total. The Kier molecular flexibility index (Phi) is 5.94. The van der Waals surface area contributed by atoms with Crippen molar-refractivity contribution in [3.05, 3.63) is 101 Å². The van der Waals surface area contributed by atoms with Gasteiger partial charge in [0.05, 0.1) is 17.7 Å². The minimum absolute atomic E-state index is 0.140. The summed E-state index contributed by atoms with van der Waals surface area (Å²) >= 11 is 0. The van der Waals surface area contributed by atoms with Crippen LogP contribution in [-0.2, 0) is 11.2 Å². The van der Waals surface area contributed by atoms with Gasteiger partial charge in [-0.15, -0.1) is 0 Å². The third kappa shape index (κ3) is 5.01. The SMILES string of the molecule is O=C(OCCc1ccccc1)c1cccc(OC(=O)c2ccccc2F)c1. The van der Waals surface area contributed by atoms with Crippen molar-refractivity contribution in [2.45, 2.75) is 6.42 Å². The lowest BCUT2D eigenvalue weighted by atomic mass is 10.2. The molecule has 0 saturated carbocycles. The minimum Gasteiger partial charge on any atom is -0.462 e. The Hall–Kier alpha value is -3.47. The topological polar surface area (TPSA) is 52.6 Å². The fourth-order valence-corrected chi connectivity index (χ4v) is 2.46. The van der Waals surface area contributed by atoms with Crippen LogP contribution in [0.2, 0.25) is 0 Å². The van der Waals surface area contributed by atoms with Crippen LogP contribution in [0.5, 0.6) is 5.75 Å². The summed E-state index contributed by atoms with van der Waals surface area (Å²) in [4.78, 5) is 24.2. The predicted molar refractivity (Wildman–Crippen MR) is 98.2 cm³/mol. The molecule has 27 heavy (non-hydrogen) atoms. The highest BCUT2D eigenvalue weighted by molar-refractivity contribution is 5.92. The van der Waals surface area contributed by atoms with Gasteiger partial charge in [-0.05, 0) is 35.9 Å². The van der Waals surface area contributed by atoms with E-state index in [9.17, 15) is 14.0 Å². The summed E-state index contributed by atoms with van der Waals surface area (Å²) in [5.41, 5.74) is 1.15. The third-order valence-corrected chi connectivity index (χ3v) is 3.84. The number of hydrogen-bond acceptors (Lipinski definition) is 4. The van der Waals surface area contributed by atoms with Crippen LogP contribution >= 0.6 is 0 Å². The van der Waals surface area contributed by atoms with Gasteiger partial charge in [0.25, 0.3) is 0 Å². The van der Waals surface area contributed by atoms with E-state index in [2.05, 4.69) is 0 Å². The number of carbonyl (C=O) groups is 2. The fraction of sp³-hybridized carbons (Fsp3) is 0.0909. The number of halogens is 1. The quantitative estimate of drug-likeness (QED) is 0.479. The third-order valence-electron chi connectivity index (χ3n) is 3.84. The number of carbonyl (C=O) groups excluding carboxylic acids is 2. The molecule has 3 aromatic carbocycles. The Morgan fingerprint density at radius 2 is 1.56 bits per heavy atom. The largest absolute Gasteiger partial charge is 0.462 e. The summed E-state index contributed by atoms with van der Waals surface area (Å²) < 4.78 is 24.1. The van der Waals surface area contributed by atoms with Crippen LogP contribution in [0.1, 0.15) is 26.3 Å². The fourth-order valence-electron chi connectivity index (χ4n) is 2.46. The van der Waals surface area contributed by atoms with Crippen LogP contribution in [0.15, 0.2) is 78.9 Å². The van der Waals surface area contributed by atoms with E-state index in [-0.39, 0.29) is 23.5 Å². The molecule has 0 aliphatic heterocycles. The molecule has 0 aliphatic rings. The molecule has 0 amide bonds. The Bertz CT molecular complexity index is 938. The minimum atomic E-state index is -0.831. The average Bonchev–Trinajstić information content (AvgIpc) is 2.69. The first-order valence-corrected chi connectivity index (χ1v) is 8.41. The van der Waals surface area contributed by atoms with Crippen molar-refractivity contribution >= 4 is 11.9 Å². The van der Waals surface area contributed by atoms with Crippen LogP contribution in [0, 0.1) is 5.82 Å². The van der Waals surface area contributed by atoms with Crippen molar-refractivity contribution in [3.63, 3.8) is 0 Å². The first-order valence-electron chi connectivity index (χ1n) is 8.41. The predicted octanol–water partition coefficient (Wildman–Crippen LogP) is 4.44. The standard InChI is InChI=1S/C22H17FO4/c23-20-12-5-4-11-19(20)22(25)27-18-10-6-9-17(15-18)21(24)26-14-13-16-7-2-1-3-8-16/h1-12,15H,13-14H2. The van der Waals surface area contributed by atoms with E-state index in [0.717, 1.165) is 5.56 Å². The smallest absolute Gasteiger partial charge is 0.346 e. The summed E-state index contributed by atoms with van der Waals surface area (Å²) in [6.45, 7) is 0.238. The molecule has 4 nitrogen and oxygen atoms in total. The lowest BCUT2D eigenvalue weighted by molar-refractivity contribution is 0.0507. The molecule has 136 valence electrons. The number of rotatable bonds is 6. The van der Waals surface area contributed by atoms with Crippen molar-refractivity contribution in [2.75, 3.05) is 6.61 Å². The van der Waals surface area contributed by atoms with Gasteiger partial charge in [0.2, 0.25) is 0 Å². The molecule has 0 aromatic heterocycles. The molecule has 0 fully saturated rings. The highest BCUT2D eigenvalue weighted by atomic mass is 19.1. The summed E-state index contributed by atoms with van der Waals surface area (Å²) in [5, 5.41) is 0. The van der Waals surface area contributed by atoms with E-state index in [4.69, 9.17) is 9.47 Å². The van der Waals surface area contributed by atoms with Crippen LogP contribution in [0.25, 0.3) is 0 Å². The maximum Gasteiger partial charge on any atom is 0.346 e. The molecule has 0 atom stereocenters. The zero-order valence-electron chi connectivity index (χ0n) is 14.4. The highest BCUT2D eigenvalue weighted by Gasteiger charge is 2.15.